The van der Waals surface area contributed by atoms with E-state index in [9.17, 15) is 4.79 Å². The molecule has 1 unspecified atom stereocenters. The fourth-order valence-corrected chi connectivity index (χ4v) is 3.09. The first kappa shape index (κ1) is 14.3. The van der Waals surface area contributed by atoms with Crippen LogP contribution in [0.3, 0.4) is 0 Å². The molecule has 1 aliphatic rings. The highest BCUT2D eigenvalue weighted by Gasteiger charge is 2.18. The van der Waals surface area contributed by atoms with E-state index >= 15 is 0 Å². The van der Waals surface area contributed by atoms with Gasteiger partial charge in [0.15, 0.2) is 5.13 Å². The lowest BCUT2D eigenvalue weighted by Gasteiger charge is -2.28. The van der Waals surface area contributed by atoms with E-state index in [1.807, 2.05) is 4.90 Å². The van der Waals surface area contributed by atoms with Gasteiger partial charge in [0, 0.05) is 36.6 Å². The van der Waals surface area contributed by atoms with E-state index < -0.39 is 0 Å². The Morgan fingerprint density at radius 1 is 1.47 bits per heavy atom. The number of rotatable bonds is 3. The zero-order valence-electron chi connectivity index (χ0n) is 11.2. The SMILES string of the molecule is Nc1ncc(CCC(=O)N2CCCCCC(N)C2)s1. The predicted octanol–water partition coefficient (Wildman–Crippen LogP) is 1.39. The molecular formula is C13H22N4OS. The average Bonchev–Trinajstić information content (AvgIpc) is 2.76. The maximum Gasteiger partial charge on any atom is 0.222 e. The summed E-state index contributed by atoms with van der Waals surface area (Å²) in [5.74, 6) is 0.198. The van der Waals surface area contributed by atoms with E-state index in [4.69, 9.17) is 11.5 Å². The van der Waals surface area contributed by atoms with Crippen LogP contribution in [0.1, 0.15) is 37.0 Å². The van der Waals surface area contributed by atoms with Gasteiger partial charge in [0.05, 0.1) is 0 Å². The first-order chi connectivity index (χ1) is 9.15. The Morgan fingerprint density at radius 3 is 3.05 bits per heavy atom. The third kappa shape index (κ3) is 4.47. The molecule has 6 heteroatoms. The Labute approximate surface area is 118 Å². The average molecular weight is 282 g/mol. The van der Waals surface area contributed by atoms with Crippen molar-refractivity contribution in [1.82, 2.24) is 9.88 Å². The van der Waals surface area contributed by atoms with Gasteiger partial charge in [-0.15, -0.1) is 11.3 Å². The number of carbonyl (C=O) groups excluding carboxylic acids is 1. The number of hydrogen-bond acceptors (Lipinski definition) is 5. The molecule has 4 N–H and O–H groups in total. The second-order valence-electron chi connectivity index (χ2n) is 5.11. The summed E-state index contributed by atoms with van der Waals surface area (Å²) in [4.78, 5) is 19.2. The van der Waals surface area contributed by atoms with Crippen molar-refractivity contribution < 1.29 is 4.79 Å². The number of aromatic nitrogens is 1. The van der Waals surface area contributed by atoms with Crippen LogP contribution in [0.4, 0.5) is 5.13 Å². The monoisotopic (exact) mass is 282 g/mol. The summed E-state index contributed by atoms with van der Waals surface area (Å²) >= 11 is 1.46. The zero-order chi connectivity index (χ0) is 13.7. The molecule has 1 aromatic rings. The summed E-state index contributed by atoms with van der Waals surface area (Å²) in [5.41, 5.74) is 11.6. The maximum atomic E-state index is 12.2. The largest absolute Gasteiger partial charge is 0.375 e. The lowest BCUT2D eigenvalue weighted by atomic mass is 10.0. The molecule has 1 aromatic heterocycles. The van der Waals surface area contributed by atoms with E-state index in [1.54, 1.807) is 6.20 Å². The molecule has 0 radical (unpaired) electrons. The third-order valence-corrected chi connectivity index (χ3v) is 4.35. The highest BCUT2D eigenvalue weighted by Crippen LogP contribution is 2.17. The highest BCUT2D eigenvalue weighted by atomic mass is 32.1. The molecule has 5 nitrogen and oxygen atoms in total. The van der Waals surface area contributed by atoms with Gasteiger partial charge < -0.3 is 16.4 Å². The Hall–Kier alpha value is -1.14. The summed E-state index contributed by atoms with van der Waals surface area (Å²) < 4.78 is 0. The van der Waals surface area contributed by atoms with Crippen molar-refractivity contribution >= 4 is 22.4 Å². The molecule has 0 bridgehead atoms. The Kier molecular flexibility index (Phi) is 5.15. The van der Waals surface area contributed by atoms with Crippen LogP contribution in [0.2, 0.25) is 0 Å². The molecule has 2 rings (SSSR count). The zero-order valence-corrected chi connectivity index (χ0v) is 12.0. The standard InChI is InChI=1S/C13H22N4OS/c14-10-4-2-1-3-7-17(9-10)12(18)6-5-11-8-16-13(15)19-11/h8,10H,1-7,9,14H2,(H2,15,16). The molecule has 1 atom stereocenters. The fraction of sp³-hybridized carbons (Fsp3) is 0.692. The highest BCUT2D eigenvalue weighted by molar-refractivity contribution is 7.15. The van der Waals surface area contributed by atoms with Crippen molar-refractivity contribution in [3.63, 3.8) is 0 Å². The van der Waals surface area contributed by atoms with Crippen LogP contribution >= 0.6 is 11.3 Å². The minimum Gasteiger partial charge on any atom is -0.375 e. The van der Waals surface area contributed by atoms with Crippen molar-refractivity contribution in [2.75, 3.05) is 18.8 Å². The number of nitrogens with zero attached hydrogens (tertiary/aromatic N) is 2. The molecule has 0 aromatic carbocycles. The number of nitrogen functional groups attached to an aromatic ring is 1. The maximum absolute atomic E-state index is 12.2. The number of likely N-dealkylation sites (tertiary alicyclic amines) is 1. The van der Waals surface area contributed by atoms with Crippen LogP contribution < -0.4 is 11.5 Å². The Bertz CT molecular complexity index is 421. The number of carbonyl (C=O) groups is 1. The van der Waals surface area contributed by atoms with Gasteiger partial charge in [0.25, 0.3) is 0 Å². The molecular weight excluding hydrogens is 260 g/mol. The minimum atomic E-state index is 0.128. The summed E-state index contributed by atoms with van der Waals surface area (Å²) in [5, 5.41) is 0.565. The van der Waals surface area contributed by atoms with Crippen molar-refractivity contribution in [3.8, 4) is 0 Å². The van der Waals surface area contributed by atoms with Gasteiger partial charge in [-0.1, -0.05) is 12.8 Å². The topological polar surface area (TPSA) is 85.2 Å². The predicted molar refractivity (Wildman–Crippen MR) is 77.9 cm³/mol. The quantitative estimate of drug-likeness (QED) is 0.877. The molecule has 1 aliphatic heterocycles. The van der Waals surface area contributed by atoms with Crippen molar-refractivity contribution in [1.29, 1.82) is 0 Å². The molecule has 1 amide bonds. The molecule has 0 aliphatic carbocycles. The second kappa shape index (κ2) is 6.86. The van der Waals surface area contributed by atoms with E-state index in [-0.39, 0.29) is 11.9 Å². The van der Waals surface area contributed by atoms with Crippen LogP contribution in [0.15, 0.2) is 6.20 Å². The van der Waals surface area contributed by atoms with Crippen LogP contribution in [-0.4, -0.2) is 34.9 Å². The number of anilines is 1. The van der Waals surface area contributed by atoms with Crippen LogP contribution in [0.5, 0.6) is 0 Å². The first-order valence-electron chi connectivity index (χ1n) is 6.88. The lowest BCUT2D eigenvalue weighted by Crippen LogP contribution is -2.42. The third-order valence-electron chi connectivity index (χ3n) is 3.47. The van der Waals surface area contributed by atoms with E-state index in [2.05, 4.69) is 4.98 Å². The van der Waals surface area contributed by atoms with Gasteiger partial charge >= 0.3 is 0 Å². The number of hydrogen-bond donors (Lipinski definition) is 2. The van der Waals surface area contributed by atoms with Gasteiger partial charge in [-0.25, -0.2) is 4.98 Å². The first-order valence-corrected chi connectivity index (χ1v) is 7.70. The molecule has 0 spiro atoms. The number of aryl methyl sites for hydroxylation is 1. The summed E-state index contributed by atoms with van der Waals surface area (Å²) in [6.07, 6.45) is 7.47. The summed E-state index contributed by atoms with van der Waals surface area (Å²) in [7, 11) is 0. The van der Waals surface area contributed by atoms with Gasteiger partial charge in [0.1, 0.15) is 0 Å². The van der Waals surface area contributed by atoms with E-state index in [0.29, 0.717) is 18.1 Å². The number of amides is 1. The summed E-state index contributed by atoms with van der Waals surface area (Å²) in [6, 6.07) is 0.128. The summed E-state index contributed by atoms with van der Waals surface area (Å²) in [6.45, 7) is 1.54. The molecule has 19 heavy (non-hydrogen) atoms. The molecule has 2 heterocycles. The van der Waals surface area contributed by atoms with E-state index in [0.717, 1.165) is 30.7 Å². The van der Waals surface area contributed by atoms with Crippen LogP contribution in [0, 0.1) is 0 Å². The molecule has 0 saturated carbocycles. The normalized spacial score (nSPS) is 20.9. The fourth-order valence-electron chi connectivity index (χ4n) is 2.40. The number of nitrogens with two attached hydrogens (primary N) is 2. The lowest BCUT2D eigenvalue weighted by molar-refractivity contribution is -0.131. The smallest absolute Gasteiger partial charge is 0.222 e. The Balaban J connectivity index is 1.83. The van der Waals surface area contributed by atoms with Crippen LogP contribution in [0.25, 0.3) is 0 Å². The van der Waals surface area contributed by atoms with Crippen molar-refractivity contribution in [2.24, 2.45) is 5.73 Å². The molecule has 1 fully saturated rings. The van der Waals surface area contributed by atoms with Crippen LogP contribution in [-0.2, 0) is 11.2 Å². The van der Waals surface area contributed by atoms with Gasteiger partial charge in [-0.05, 0) is 19.3 Å². The van der Waals surface area contributed by atoms with Gasteiger partial charge in [-0.3, -0.25) is 4.79 Å². The molecule has 1 saturated heterocycles. The Morgan fingerprint density at radius 2 is 2.32 bits per heavy atom. The number of thiazole rings is 1. The van der Waals surface area contributed by atoms with Crippen molar-refractivity contribution in [3.05, 3.63) is 11.1 Å². The van der Waals surface area contributed by atoms with Crippen molar-refractivity contribution in [2.45, 2.75) is 44.6 Å². The van der Waals surface area contributed by atoms with E-state index in [1.165, 1.54) is 24.2 Å². The van der Waals surface area contributed by atoms with Gasteiger partial charge in [-0.2, -0.15) is 0 Å². The minimum absolute atomic E-state index is 0.128. The van der Waals surface area contributed by atoms with Gasteiger partial charge in [0.2, 0.25) is 5.91 Å². The molecule has 106 valence electrons. The second-order valence-corrected chi connectivity index (χ2v) is 6.26.